The molecule has 2 aromatic carbocycles. The van der Waals surface area contributed by atoms with Crippen LogP contribution in [-0.2, 0) is 17.8 Å². The number of fused-ring (bicyclic) bond motifs is 1. The molecule has 3 amide bonds. The highest BCUT2D eigenvalue weighted by atomic mass is 32.2. The molecule has 1 fully saturated rings. The van der Waals surface area contributed by atoms with Gasteiger partial charge in [-0.15, -0.1) is 11.8 Å². The van der Waals surface area contributed by atoms with Crippen molar-refractivity contribution < 1.29 is 9.59 Å². The molecule has 2 aliphatic heterocycles. The first-order valence-electron chi connectivity index (χ1n) is 11.0. The van der Waals surface area contributed by atoms with Gasteiger partial charge in [0.1, 0.15) is 0 Å². The molecule has 0 radical (unpaired) electrons. The number of hydrogen-bond acceptors (Lipinski definition) is 4. The van der Waals surface area contributed by atoms with Crippen molar-refractivity contribution in [1.29, 1.82) is 0 Å². The number of rotatable bonds is 6. The van der Waals surface area contributed by atoms with Crippen LogP contribution in [0.1, 0.15) is 42.0 Å². The number of nitrogens with zero attached hydrogens (tertiary/aromatic N) is 1. The lowest BCUT2D eigenvalue weighted by molar-refractivity contribution is -0.131. The number of benzene rings is 2. The van der Waals surface area contributed by atoms with Crippen LogP contribution in [0.5, 0.6) is 0 Å². The molecule has 0 bridgehead atoms. The lowest BCUT2D eigenvalue weighted by atomic mass is 10.0. The van der Waals surface area contributed by atoms with E-state index in [1.54, 1.807) is 11.8 Å². The summed E-state index contributed by atoms with van der Waals surface area (Å²) in [4.78, 5) is 28.2. The summed E-state index contributed by atoms with van der Waals surface area (Å²) in [6.45, 7) is 2.21. The van der Waals surface area contributed by atoms with Gasteiger partial charge in [-0.3, -0.25) is 4.79 Å². The molecule has 1 atom stereocenters. The van der Waals surface area contributed by atoms with Gasteiger partial charge in [-0.25, -0.2) is 4.79 Å². The first-order valence-corrected chi connectivity index (χ1v) is 12.2. The lowest BCUT2D eigenvalue weighted by Crippen LogP contribution is -2.43. The van der Waals surface area contributed by atoms with Crippen molar-refractivity contribution in [3.63, 3.8) is 0 Å². The second-order valence-corrected chi connectivity index (χ2v) is 8.89. The van der Waals surface area contributed by atoms with Crippen molar-refractivity contribution in [3.05, 3.63) is 59.2 Å². The topological polar surface area (TPSA) is 73.5 Å². The van der Waals surface area contributed by atoms with Crippen LogP contribution >= 0.6 is 11.8 Å². The number of anilines is 1. The molecule has 2 heterocycles. The molecule has 2 aromatic rings. The number of urea groups is 1. The molecule has 0 unspecified atom stereocenters. The summed E-state index contributed by atoms with van der Waals surface area (Å²) in [5.74, 6) is -0.0339. The fraction of sp³-hybridized carbons (Fsp3) is 0.417. The third-order valence-electron chi connectivity index (χ3n) is 6.03. The minimum Gasteiger partial charge on any atom is -0.385 e. The van der Waals surface area contributed by atoms with Crippen molar-refractivity contribution in [3.8, 4) is 0 Å². The van der Waals surface area contributed by atoms with Crippen LogP contribution in [0.4, 0.5) is 10.5 Å². The number of hydrogen-bond donors (Lipinski definition) is 3. The predicted octanol–water partition coefficient (Wildman–Crippen LogP) is 3.93. The fourth-order valence-electron chi connectivity index (χ4n) is 4.47. The SMILES string of the molecule is CSc1ccccc1[C@H]1CCCN1C(=O)CNC(=O)NCc1ccc2c(c1)CCCN2. The fourth-order valence-corrected chi connectivity index (χ4v) is 5.13. The molecule has 6 nitrogen and oxygen atoms in total. The molecule has 4 rings (SSSR count). The third-order valence-corrected chi connectivity index (χ3v) is 6.84. The molecular weight excluding hydrogens is 408 g/mol. The zero-order valence-electron chi connectivity index (χ0n) is 17.9. The Balaban J connectivity index is 1.28. The van der Waals surface area contributed by atoms with Crippen LogP contribution in [0.2, 0.25) is 0 Å². The van der Waals surface area contributed by atoms with Gasteiger partial charge in [0, 0.05) is 30.2 Å². The smallest absolute Gasteiger partial charge is 0.315 e. The van der Waals surface area contributed by atoms with Gasteiger partial charge >= 0.3 is 6.03 Å². The van der Waals surface area contributed by atoms with Crippen LogP contribution in [-0.4, -0.2) is 42.7 Å². The van der Waals surface area contributed by atoms with Crippen LogP contribution in [0.25, 0.3) is 0 Å². The van der Waals surface area contributed by atoms with Gasteiger partial charge in [-0.2, -0.15) is 0 Å². The number of thioether (sulfide) groups is 1. The zero-order chi connectivity index (χ0) is 21.6. The second kappa shape index (κ2) is 10.1. The molecule has 0 aliphatic carbocycles. The van der Waals surface area contributed by atoms with Gasteiger partial charge in [0.25, 0.3) is 0 Å². The second-order valence-electron chi connectivity index (χ2n) is 8.05. The Morgan fingerprint density at radius 3 is 2.90 bits per heavy atom. The highest BCUT2D eigenvalue weighted by Gasteiger charge is 2.31. The highest BCUT2D eigenvalue weighted by Crippen LogP contribution is 2.36. The minimum atomic E-state index is -0.315. The predicted molar refractivity (Wildman–Crippen MR) is 125 cm³/mol. The number of amides is 3. The van der Waals surface area contributed by atoms with E-state index in [9.17, 15) is 9.59 Å². The van der Waals surface area contributed by atoms with E-state index in [2.05, 4.69) is 46.5 Å². The average Bonchev–Trinajstić information content (AvgIpc) is 3.31. The Kier molecular flexibility index (Phi) is 7.02. The summed E-state index contributed by atoms with van der Waals surface area (Å²) in [6, 6.07) is 14.3. The van der Waals surface area contributed by atoms with Crippen LogP contribution in [0.3, 0.4) is 0 Å². The molecule has 31 heavy (non-hydrogen) atoms. The van der Waals surface area contributed by atoms with Crippen molar-refractivity contribution in [2.24, 2.45) is 0 Å². The molecule has 7 heteroatoms. The first kappa shape index (κ1) is 21.6. The molecule has 1 saturated heterocycles. The van der Waals surface area contributed by atoms with Crippen LogP contribution in [0, 0.1) is 0 Å². The average molecular weight is 439 g/mol. The standard InChI is InChI=1S/C24H30N4O2S/c1-31-22-9-3-2-7-19(22)21-8-5-13-28(21)23(29)16-27-24(30)26-15-17-10-11-20-18(14-17)6-4-12-25-20/h2-3,7,9-11,14,21,25H,4-6,8,12-13,15-16H2,1H3,(H2,26,27,30)/t21-/m1/s1. The third kappa shape index (κ3) is 5.15. The summed E-state index contributed by atoms with van der Waals surface area (Å²) < 4.78 is 0. The molecular formula is C24H30N4O2S. The van der Waals surface area contributed by atoms with Gasteiger partial charge in [-0.1, -0.05) is 30.3 Å². The van der Waals surface area contributed by atoms with E-state index in [1.807, 2.05) is 23.1 Å². The largest absolute Gasteiger partial charge is 0.385 e. The van der Waals surface area contributed by atoms with Crippen molar-refractivity contribution in [1.82, 2.24) is 15.5 Å². The Labute approximate surface area is 188 Å². The normalized spacial score (nSPS) is 17.6. The van der Waals surface area contributed by atoms with Gasteiger partial charge in [-0.05, 0) is 60.8 Å². The van der Waals surface area contributed by atoms with Gasteiger partial charge in [0.2, 0.25) is 5.91 Å². The van der Waals surface area contributed by atoms with E-state index in [0.29, 0.717) is 6.54 Å². The van der Waals surface area contributed by atoms with Crippen LogP contribution in [0.15, 0.2) is 47.4 Å². The molecule has 0 saturated carbocycles. The van der Waals surface area contributed by atoms with E-state index in [4.69, 9.17) is 0 Å². The Morgan fingerprint density at radius 2 is 2.03 bits per heavy atom. The quantitative estimate of drug-likeness (QED) is 0.598. The van der Waals surface area contributed by atoms with Crippen molar-refractivity contribution in [2.75, 3.05) is 31.2 Å². The number of nitrogens with one attached hydrogen (secondary N) is 3. The van der Waals surface area contributed by atoms with E-state index < -0.39 is 0 Å². The summed E-state index contributed by atoms with van der Waals surface area (Å²) in [5, 5.41) is 9.00. The number of carbonyl (C=O) groups excluding carboxylic acids is 2. The minimum absolute atomic E-state index is 0.0118. The molecule has 0 aromatic heterocycles. The van der Waals surface area contributed by atoms with Gasteiger partial charge in [0.15, 0.2) is 0 Å². The van der Waals surface area contributed by atoms with Gasteiger partial charge < -0.3 is 20.9 Å². The summed E-state index contributed by atoms with van der Waals surface area (Å²) in [5.41, 5.74) is 4.75. The summed E-state index contributed by atoms with van der Waals surface area (Å²) in [6.07, 6.45) is 6.20. The van der Waals surface area contributed by atoms with E-state index in [0.717, 1.165) is 44.3 Å². The number of likely N-dealkylation sites (tertiary alicyclic amines) is 1. The molecule has 0 spiro atoms. The van der Waals surface area contributed by atoms with Crippen molar-refractivity contribution >= 4 is 29.4 Å². The Hall–Kier alpha value is -2.67. The van der Waals surface area contributed by atoms with E-state index in [-0.39, 0.29) is 24.5 Å². The number of carbonyl (C=O) groups is 2. The molecule has 3 N–H and O–H groups in total. The van der Waals surface area contributed by atoms with E-state index in [1.165, 1.54) is 21.7 Å². The van der Waals surface area contributed by atoms with Crippen LogP contribution < -0.4 is 16.0 Å². The maximum Gasteiger partial charge on any atom is 0.315 e. The zero-order valence-corrected chi connectivity index (χ0v) is 18.8. The highest BCUT2D eigenvalue weighted by molar-refractivity contribution is 7.98. The maximum atomic E-state index is 12.8. The Bertz CT molecular complexity index is 949. The monoisotopic (exact) mass is 438 g/mol. The summed E-state index contributed by atoms with van der Waals surface area (Å²) >= 11 is 1.71. The van der Waals surface area contributed by atoms with Gasteiger partial charge in [0.05, 0.1) is 12.6 Å². The van der Waals surface area contributed by atoms with E-state index >= 15 is 0 Å². The molecule has 2 aliphatic rings. The molecule has 164 valence electrons. The Morgan fingerprint density at radius 1 is 1.16 bits per heavy atom. The first-order chi connectivity index (χ1) is 15.2. The maximum absolute atomic E-state index is 12.8. The van der Waals surface area contributed by atoms with Crippen molar-refractivity contribution in [2.45, 2.75) is 43.2 Å². The number of aryl methyl sites for hydroxylation is 1. The summed E-state index contributed by atoms with van der Waals surface area (Å²) in [7, 11) is 0. The lowest BCUT2D eigenvalue weighted by Gasteiger charge is -2.26.